The molecular formula is C28H25F2N7O3S. The zero-order valence-electron chi connectivity index (χ0n) is 22.1. The van der Waals surface area contributed by atoms with E-state index in [-0.39, 0.29) is 16.2 Å². The fourth-order valence-corrected chi connectivity index (χ4v) is 4.88. The minimum Gasteiger partial charge on any atom is -0.470 e. The largest absolute Gasteiger partial charge is 0.470 e. The molecule has 0 amide bonds. The van der Waals surface area contributed by atoms with Gasteiger partial charge in [0, 0.05) is 18.4 Å². The van der Waals surface area contributed by atoms with Gasteiger partial charge in [0.25, 0.3) is 0 Å². The molecule has 1 atom stereocenters. The van der Waals surface area contributed by atoms with Crippen LogP contribution < -0.4 is 14.8 Å². The molecule has 0 bridgehead atoms. The fourth-order valence-electron chi connectivity index (χ4n) is 4.18. The topological polar surface area (TPSA) is 117 Å². The van der Waals surface area contributed by atoms with Gasteiger partial charge in [-0.15, -0.1) is 0 Å². The lowest BCUT2D eigenvalue weighted by Crippen LogP contribution is -2.15. The second-order valence-corrected chi connectivity index (χ2v) is 11.2. The third-order valence-corrected chi connectivity index (χ3v) is 7.58. The molecule has 0 aliphatic heterocycles. The van der Waals surface area contributed by atoms with Crippen molar-refractivity contribution in [3.63, 3.8) is 0 Å². The second kappa shape index (κ2) is 10.8. The van der Waals surface area contributed by atoms with Crippen molar-refractivity contribution in [2.45, 2.75) is 43.4 Å². The van der Waals surface area contributed by atoms with Crippen LogP contribution in [0.15, 0.2) is 72.1 Å². The van der Waals surface area contributed by atoms with Gasteiger partial charge in [-0.1, -0.05) is 12.1 Å². The summed E-state index contributed by atoms with van der Waals surface area (Å²) in [6.45, 7) is -0.529. The Morgan fingerprint density at radius 2 is 1.88 bits per heavy atom. The highest BCUT2D eigenvalue weighted by molar-refractivity contribution is 7.84. The van der Waals surface area contributed by atoms with Crippen molar-refractivity contribution in [1.82, 2.24) is 29.7 Å². The molecule has 13 heteroatoms. The summed E-state index contributed by atoms with van der Waals surface area (Å²) in [6.07, 6.45) is 6.32. The van der Waals surface area contributed by atoms with Crippen LogP contribution in [0, 0.1) is 0 Å². The molecule has 0 radical (unpaired) electrons. The maximum Gasteiger partial charge on any atom is 0.387 e. The van der Waals surface area contributed by atoms with Crippen LogP contribution in [0.1, 0.15) is 25.3 Å². The van der Waals surface area contributed by atoms with E-state index < -0.39 is 17.4 Å². The molecule has 210 valence electrons. The standard InChI is InChI=1S/C28H25F2N7O3S/c1-28(11-12-28)40-25-24-21(9-8-20(34-24)18-5-10-22(39-26(29)30)23(13-18)41(2)38)35-27(36-25)32-14-17-3-6-19(7-4-17)37-16-31-15-33-37/h3-10,13,15-16,26H,11-12,14H2,1-2H3,(H,32,35,36). The number of hydrogen-bond donors (Lipinski definition) is 1. The van der Waals surface area contributed by atoms with Crippen molar-refractivity contribution in [3.8, 4) is 28.6 Å². The zero-order chi connectivity index (χ0) is 28.6. The first kappa shape index (κ1) is 26.7. The number of ether oxygens (including phenoxy) is 2. The molecule has 1 fully saturated rings. The quantitative estimate of drug-likeness (QED) is 0.240. The summed E-state index contributed by atoms with van der Waals surface area (Å²) in [6, 6.07) is 15.9. The molecule has 1 unspecified atom stereocenters. The van der Waals surface area contributed by atoms with E-state index >= 15 is 0 Å². The summed E-state index contributed by atoms with van der Waals surface area (Å²) >= 11 is 0. The molecule has 6 rings (SSSR count). The van der Waals surface area contributed by atoms with Crippen LogP contribution in [0.5, 0.6) is 11.6 Å². The van der Waals surface area contributed by atoms with Crippen molar-refractivity contribution in [1.29, 1.82) is 0 Å². The molecule has 2 aromatic carbocycles. The molecule has 41 heavy (non-hydrogen) atoms. The van der Waals surface area contributed by atoms with Gasteiger partial charge in [0.2, 0.25) is 11.8 Å². The summed E-state index contributed by atoms with van der Waals surface area (Å²) in [5, 5.41) is 7.41. The Kier molecular flexibility index (Phi) is 7.03. The Bertz CT molecular complexity index is 1730. The number of nitrogens with zero attached hydrogens (tertiary/aromatic N) is 6. The first-order chi connectivity index (χ1) is 19.8. The summed E-state index contributed by atoms with van der Waals surface area (Å²) in [4.78, 5) is 18.2. The lowest BCUT2D eigenvalue weighted by Gasteiger charge is -2.16. The number of alkyl halides is 2. The second-order valence-electron chi connectivity index (χ2n) is 9.82. The smallest absolute Gasteiger partial charge is 0.387 e. The number of anilines is 1. The number of hydrogen-bond acceptors (Lipinski definition) is 9. The van der Waals surface area contributed by atoms with Crippen LogP contribution in [-0.4, -0.2) is 52.4 Å². The molecule has 5 aromatic rings. The highest BCUT2D eigenvalue weighted by Crippen LogP contribution is 2.41. The van der Waals surface area contributed by atoms with Crippen LogP contribution in [0.3, 0.4) is 0 Å². The lowest BCUT2D eigenvalue weighted by molar-refractivity contribution is -0.0516. The first-order valence-electron chi connectivity index (χ1n) is 12.7. The zero-order valence-corrected chi connectivity index (χ0v) is 22.9. The van der Waals surface area contributed by atoms with Crippen molar-refractivity contribution in [2.75, 3.05) is 11.6 Å². The number of rotatable bonds is 10. The van der Waals surface area contributed by atoms with E-state index in [1.54, 1.807) is 29.2 Å². The third-order valence-electron chi connectivity index (χ3n) is 6.64. The van der Waals surface area contributed by atoms with Gasteiger partial charge in [0.1, 0.15) is 24.0 Å². The number of benzene rings is 2. The summed E-state index contributed by atoms with van der Waals surface area (Å²) in [5.41, 5.74) is 3.74. The maximum absolute atomic E-state index is 12.8. The van der Waals surface area contributed by atoms with Crippen molar-refractivity contribution < 1.29 is 22.5 Å². The molecule has 1 aliphatic rings. The number of nitrogens with one attached hydrogen (secondary N) is 1. The highest BCUT2D eigenvalue weighted by atomic mass is 32.2. The summed E-state index contributed by atoms with van der Waals surface area (Å²) in [7, 11) is -1.56. The van der Waals surface area contributed by atoms with Crippen LogP contribution in [0.25, 0.3) is 28.0 Å². The fraction of sp³-hybridized carbons (Fsp3) is 0.250. The van der Waals surface area contributed by atoms with Gasteiger partial charge in [0.15, 0.2) is 5.52 Å². The van der Waals surface area contributed by atoms with E-state index in [4.69, 9.17) is 9.72 Å². The first-order valence-corrected chi connectivity index (χ1v) is 14.3. The van der Waals surface area contributed by atoms with Crippen molar-refractivity contribution in [2.24, 2.45) is 0 Å². The van der Waals surface area contributed by atoms with Crippen LogP contribution in [-0.2, 0) is 17.3 Å². The van der Waals surface area contributed by atoms with Gasteiger partial charge < -0.3 is 14.8 Å². The summed E-state index contributed by atoms with van der Waals surface area (Å²) in [5.74, 6) is 0.602. The molecule has 1 N–H and O–H groups in total. The number of fused-ring (bicyclic) bond motifs is 1. The third kappa shape index (κ3) is 5.99. The molecule has 3 heterocycles. The predicted molar refractivity (Wildman–Crippen MR) is 149 cm³/mol. The molecular weight excluding hydrogens is 552 g/mol. The van der Waals surface area contributed by atoms with Gasteiger partial charge in [-0.05, 0) is 67.8 Å². The Hall–Kier alpha value is -4.52. The molecule has 10 nitrogen and oxygen atoms in total. The van der Waals surface area contributed by atoms with Crippen LogP contribution >= 0.6 is 0 Å². The molecule has 1 saturated carbocycles. The van der Waals surface area contributed by atoms with Gasteiger partial charge >= 0.3 is 6.61 Å². The molecule has 3 aromatic heterocycles. The monoisotopic (exact) mass is 577 g/mol. The van der Waals surface area contributed by atoms with Crippen molar-refractivity contribution >= 4 is 27.8 Å². The Morgan fingerprint density at radius 1 is 1.07 bits per heavy atom. The van der Waals surface area contributed by atoms with Gasteiger partial charge in [-0.3, -0.25) is 4.21 Å². The van der Waals surface area contributed by atoms with E-state index in [1.807, 2.05) is 31.2 Å². The minimum absolute atomic E-state index is 0.136. The minimum atomic E-state index is -3.02. The number of aromatic nitrogens is 6. The van der Waals surface area contributed by atoms with E-state index in [0.29, 0.717) is 40.7 Å². The maximum atomic E-state index is 12.8. The van der Waals surface area contributed by atoms with E-state index in [0.717, 1.165) is 24.1 Å². The molecule has 0 saturated heterocycles. The average molecular weight is 578 g/mol. The van der Waals surface area contributed by atoms with E-state index in [2.05, 4.69) is 30.1 Å². The van der Waals surface area contributed by atoms with E-state index in [9.17, 15) is 13.0 Å². The van der Waals surface area contributed by atoms with Gasteiger partial charge in [-0.25, -0.2) is 19.6 Å². The Morgan fingerprint density at radius 3 is 2.56 bits per heavy atom. The number of pyridine rings is 1. The SMILES string of the molecule is CS(=O)c1cc(-c2ccc3nc(NCc4ccc(-n5cncn5)cc4)nc(OC4(C)CC4)c3n2)ccc1OC(F)F. The Labute approximate surface area is 236 Å². The van der Waals surface area contributed by atoms with Gasteiger partial charge in [-0.2, -0.15) is 18.9 Å². The number of halogens is 2. The normalized spacial score (nSPS) is 14.7. The molecule has 1 aliphatic carbocycles. The Balaban J connectivity index is 1.30. The van der Waals surface area contributed by atoms with Crippen molar-refractivity contribution in [3.05, 3.63) is 72.8 Å². The van der Waals surface area contributed by atoms with E-state index in [1.165, 1.54) is 24.7 Å². The summed E-state index contributed by atoms with van der Waals surface area (Å²) < 4.78 is 50.4. The van der Waals surface area contributed by atoms with Crippen LogP contribution in [0.2, 0.25) is 0 Å². The van der Waals surface area contributed by atoms with Crippen LogP contribution in [0.4, 0.5) is 14.7 Å². The predicted octanol–water partition coefficient (Wildman–Crippen LogP) is 5.15. The molecule has 0 spiro atoms. The van der Waals surface area contributed by atoms with Gasteiger partial charge in [0.05, 0.1) is 32.6 Å². The highest BCUT2D eigenvalue weighted by Gasteiger charge is 2.41. The average Bonchev–Trinajstić information content (AvgIpc) is 3.43. The lowest BCUT2D eigenvalue weighted by atomic mass is 10.1.